The van der Waals surface area contributed by atoms with Crippen LogP contribution in [0.5, 0.6) is 0 Å². The molecule has 1 heterocycles. The number of benzene rings is 1. The lowest BCUT2D eigenvalue weighted by Gasteiger charge is -2.02. The van der Waals surface area contributed by atoms with Gasteiger partial charge in [-0.05, 0) is 24.3 Å². The topological polar surface area (TPSA) is 63.2 Å². The lowest BCUT2D eigenvalue weighted by molar-refractivity contribution is -0.137. The van der Waals surface area contributed by atoms with Crippen molar-refractivity contribution in [1.82, 2.24) is 0 Å². The number of nitriles is 1. The maximum atomic E-state index is 11.7. The summed E-state index contributed by atoms with van der Waals surface area (Å²) in [6, 6.07) is 10.2. The molecule has 116 valence electrons. The highest BCUT2D eigenvalue weighted by molar-refractivity contribution is 6.43. The van der Waals surface area contributed by atoms with E-state index in [1.54, 1.807) is 36.4 Å². The third-order valence-electron chi connectivity index (χ3n) is 2.80. The number of rotatable bonds is 5. The van der Waals surface area contributed by atoms with Crippen molar-refractivity contribution in [3.05, 3.63) is 64.4 Å². The number of halogens is 2. The minimum atomic E-state index is -0.744. The molecule has 0 aliphatic heterocycles. The number of carbonyl (C=O) groups is 1. The van der Waals surface area contributed by atoms with Crippen molar-refractivity contribution < 1.29 is 13.9 Å². The average Bonchev–Trinajstić information content (AvgIpc) is 3.01. The number of ether oxygens (including phenoxy) is 1. The molecule has 0 saturated carbocycles. The van der Waals surface area contributed by atoms with Gasteiger partial charge in [0.05, 0.1) is 10.0 Å². The first-order valence-electron chi connectivity index (χ1n) is 6.51. The van der Waals surface area contributed by atoms with E-state index in [-0.39, 0.29) is 12.2 Å². The van der Waals surface area contributed by atoms with E-state index in [1.165, 1.54) is 12.2 Å². The van der Waals surface area contributed by atoms with Crippen molar-refractivity contribution in [3.8, 4) is 17.4 Å². The highest BCUT2D eigenvalue weighted by atomic mass is 35.5. The van der Waals surface area contributed by atoms with Crippen LogP contribution in [0.2, 0.25) is 10.0 Å². The zero-order chi connectivity index (χ0) is 16.8. The fraction of sp³-hybridized carbons (Fsp3) is 0.0588. The highest BCUT2D eigenvalue weighted by Gasteiger charge is 2.13. The molecule has 6 heteroatoms. The van der Waals surface area contributed by atoms with E-state index in [1.807, 2.05) is 0 Å². The van der Waals surface area contributed by atoms with Crippen molar-refractivity contribution in [2.45, 2.75) is 0 Å². The Morgan fingerprint density at radius 1 is 1.35 bits per heavy atom. The number of carbonyl (C=O) groups excluding carboxylic acids is 1. The predicted molar refractivity (Wildman–Crippen MR) is 88.9 cm³/mol. The second kappa shape index (κ2) is 7.68. The van der Waals surface area contributed by atoms with Gasteiger partial charge in [0.1, 0.15) is 29.8 Å². The Morgan fingerprint density at radius 2 is 2.13 bits per heavy atom. The normalized spacial score (nSPS) is 10.9. The van der Waals surface area contributed by atoms with E-state index in [9.17, 15) is 4.79 Å². The van der Waals surface area contributed by atoms with Crippen LogP contribution in [0.1, 0.15) is 5.76 Å². The third-order valence-corrected chi connectivity index (χ3v) is 3.62. The van der Waals surface area contributed by atoms with Gasteiger partial charge in [-0.2, -0.15) is 5.26 Å². The summed E-state index contributed by atoms with van der Waals surface area (Å²) >= 11 is 12.1. The fourth-order valence-electron chi connectivity index (χ4n) is 1.76. The Kier molecular flexibility index (Phi) is 5.64. The van der Waals surface area contributed by atoms with Crippen LogP contribution in [0.4, 0.5) is 0 Å². The summed E-state index contributed by atoms with van der Waals surface area (Å²) in [5.74, 6) is 0.0507. The highest BCUT2D eigenvalue weighted by Crippen LogP contribution is 2.34. The van der Waals surface area contributed by atoms with Crippen LogP contribution in [-0.2, 0) is 9.53 Å². The lowest BCUT2D eigenvalue weighted by atomic mass is 10.2. The molecule has 0 unspecified atom stereocenters. The smallest absolute Gasteiger partial charge is 0.349 e. The molecule has 0 spiro atoms. The van der Waals surface area contributed by atoms with E-state index in [2.05, 4.69) is 6.58 Å². The number of furan rings is 1. The first-order valence-corrected chi connectivity index (χ1v) is 7.26. The Balaban J connectivity index is 2.30. The Labute approximate surface area is 143 Å². The number of hydrogen-bond donors (Lipinski definition) is 0. The molecule has 0 fully saturated rings. The van der Waals surface area contributed by atoms with Gasteiger partial charge >= 0.3 is 5.97 Å². The van der Waals surface area contributed by atoms with E-state index < -0.39 is 5.97 Å². The Hall–Kier alpha value is -2.48. The molecule has 4 nitrogen and oxygen atoms in total. The van der Waals surface area contributed by atoms with Crippen LogP contribution in [0.3, 0.4) is 0 Å². The summed E-state index contributed by atoms with van der Waals surface area (Å²) in [5.41, 5.74) is 0.441. The SMILES string of the molecule is C=CCOC(=O)C(C#N)=Cc1ccc(-c2cccc(Cl)c2Cl)o1. The Morgan fingerprint density at radius 3 is 2.83 bits per heavy atom. The number of nitrogens with zero attached hydrogens (tertiary/aromatic N) is 1. The molecule has 0 bridgehead atoms. The van der Waals surface area contributed by atoms with Crippen LogP contribution in [-0.4, -0.2) is 12.6 Å². The predicted octanol–water partition coefficient (Wildman–Crippen LogP) is 4.89. The zero-order valence-corrected chi connectivity index (χ0v) is 13.4. The first-order chi connectivity index (χ1) is 11.1. The molecule has 0 atom stereocenters. The monoisotopic (exact) mass is 347 g/mol. The molecule has 1 aromatic carbocycles. The minimum Gasteiger partial charge on any atom is -0.457 e. The molecule has 0 aliphatic rings. The van der Waals surface area contributed by atoms with Crippen LogP contribution in [0.25, 0.3) is 17.4 Å². The van der Waals surface area contributed by atoms with Gasteiger partial charge in [0, 0.05) is 11.6 Å². The summed E-state index contributed by atoms with van der Waals surface area (Å²) in [5, 5.41) is 9.81. The van der Waals surface area contributed by atoms with Crippen LogP contribution in [0.15, 0.2) is 53.0 Å². The van der Waals surface area contributed by atoms with Gasteiger partial charge in [-0.3, -0.25) is 0 Å². The molecule has 0 saturated heterocycles. The largest absolute Gasteiger partial charge is 0.457 e. The summed E-state index contributed by atoms with van der Waals surface area (Å²) in [7, 11) is 0. The molecule has 23 heavy (non-hydrogen) atoms. The van der Waals surface area contributed by atoms with Gasteiger partial charge in [-0.15, -0.1) is 0 Å². The van der Waals surface area contributed by atoms with E-state index in [4.69, 9.17) is 37.6 Å². The van der Waals surface area contributed by atoms with Gasteiger partial charge in [-0.25, -0.2) is 4.79 Å². The van der Waals surface area contributed by atoms with Crippen molar-refractivity contribution in [2.75, 3.05) is 6.61 Å². The van der Waals surface area contributed by atoms with Crippen molar-refractivity contribution >= 4 is 35.2 Å². The van der Waals surface area contributed by atoms with E-state index in [0.717, 1.165) is 0 Å². The second-order valence-electron chi connectivity index (χ2n) is 4.36. The van der Waals surface area contributed by atoms with Gasteiger partial charge in [0.25, 0.3) is 0 Å². The van der Waals surface area contributed by atoms with Crippen molar-refractivity contribution in [2.24, 2.45) is 0 Å². The summed E-state index contributed by atoms with van der Waals surface area (Å²) in [6.07, 6.45) is 2.71. The molecule has 0 N–H and O–H groups in total. The molecule has 0 aliphatic carbocycles. The van der Waals surface area contributed by atoms with Crippen LogP contribution in [0, 0.1) is 11.3 Å². The van der Waals surface area contributed by atoms with Gasteiger partial charge in [0.15, 0.2) is 0 Å². The minimum absolute atomic E-state index is 0.0272. The second-order valence-corrected chi connectivity index (χ2v) is 5.15. The average molecular weight is 348 g/mol. The van der Waals surface area contributed by atoms with E-state index in [0.29, 0.717) is 27.1 Å². The first kappa shape index (κ1) is 16.9. The number of esters is 1. The Bertz CT molecular complexity index is 815. The molecule has 1 aromatic heterocycles. The quantitative estimate of drug-likeness (QED) is 0.334. The van der Waals surface area contributed by atoms with Gasteiger partial charge in [-0.1, -0.05) is 41.9 Å². The standard InChI is InChI=1S/C17H11Cl2NO3/c1-2-8-22-17(21)11(10-20)9-12-6-7-15(23-12)13-4-3-5-14(18)16(13)19/h2-7,9H,1,8H2. The maximum absolute atomic E-state index is 11.7. The van der Waals surface area contributed by atoms with Crippen molar-refractivity contribution in [3.63, 3.8) is 0 Å². The summed E-state index contributed by atoms with van der Waals surface area (Å²) in [6.45, 7) is 3.46. The zero-order valence-electron chi connectivity index (χ0n) is 11.9. The molecule has 0 radical (unpaired) electrons. The molecular weight excluding hydrogens is 337 g/mol. The molecular formula is C17H11Cl2NO3. The van der Waals surface area contributed by atoms with Crippen molar-refractivity contribution in [1.29, 1.82) is 5.26 Å². The van der Waals surface area contributed by atoms with Gasteiger partial charge in [0.2, 0.25) is 0 Å². The maximum Gasteiger partial charge on any atom is 0.349 e. The van der Waals surface area contributed by atoms with E-state index >= 15 is 0 Å². The van der Waals surface area contributed by atoms with Crippen LogP contribution >= 0.6 is 23.2 Å². The lowest BCUT2D eigenvalue weighted by Crippen LogP contribution is -2.06. The van der Waals surface area contributed by atoms with Crippen LogP contribution < -0.4 is 0 Å². The molecule has 2 aromatic rings. The summed E-state index contributed by atoms with van der Waals surface area (Å²) < 4.78 is 10.4. The molecule has 2 rings (SSSR count). The third kappa shape index (κ3) is 4.04. The van der Waals surface area contributed by atoms with Gasteiger partial charge < -0.3 is 9.15 Å². The number of hydrogen-bond acceptors (Lipinski definition) is 4. The fourth-order valence-corrected chi connectivity index (χ4v) is 2.15. The summed E-state index contributed by atoms with van der Waals surface area (Å²) in [4.78, 5) is 11.7. The molecule has 0 amide bonds.